The molecule has 0 radical (unpaired) electrons. The van der Waals surface area contributed by atoms with Crippen LogP contribution >= 0.6 is 11.6 Å². The number of urea groups is 1. The van der Waals surface area contributed by atoms with E-state index in [4.69, 9.17) is 11.6 Å². The predicted octanol–water partition coefficient (Wildman–Crippen LogP) is 4.04. The molecule has 3 rings (SSSR count). The Labute approximate surface area is 162 Å². The highest BCUT2D eigenvalue weighted by Gasteiger charge is 2.27. The Morgan fingerprint density at radius 1 is 1.07 bits per heavy atom. The predicted molar refractivity (Wildman–Crippen MR) is 103 cm³/mol. The smallest absolute Gasteiger partial charge is 0.321 e. The summed E-state index contributed by atoms with van der Waals surface area (Å²) in [4.78, 5) is 26.3. The number of piperidine rings is 1. The van der Waals surface area contributed by atoms with Crippen LogP contribution in [0.3, 0.4) is 0 Å². The number of hydrogen-bond donors (Lipinski definition) is 2. The maximum absolute atomic E-state index is 12.9. The minimum absolute atomic E-state index is 0.0199. The number of nitrogens with one attached hydrogen (secondary N) is 2. The summed E-state index contributed by atoms with van der Waals surface area (Å²) in [5.41, 5.74) is 1.42. The topological polar surface area (TPSA) is 61.4 Å². The quantitative estimate of drug-likeness (QED) is 0.829. The Kier molecular flexibility index (Phi) is 6.29. The number of likely N-dealkylation sites (tertiary alicyclic amines) is 1. The number of carbonyl (C=O) groups excluding carboxylic acids is 2. The van der Waals surface area contributed by atoms with Crippen LogP contribution in [0, 0.1) is 11.7 Å². The van der Waals surface area contributed by atoms with E-state index in [2.05, 4.69) is 10.6 Å². The van der Waals surface area contributed by atoms with Gasteiger partial charge in [-0.05, 0) is 48.7 Å². The van der Waals surface area contributed by atoms with Crippen LogP contribution in [-0.4, -0.2) is 29.9 Å². The number of halogens is 2. The van der Waals surface area contributed by atoms with E-state index < -0.39 is 0 Å². The van der Waals surface area contributed by atoms with Gasteiger partial charge in [-0.1, -0.05) is 29.8 Å². The van der Waals surface area contributed by atoms with Gasteiger partial charge in [-0.15, -0.1) is 0 Å². The summed E-state index contributed by atoms with van der Waals surface area (Å²) < 4.78 is 12.9. The first kappa shape index (κ1) is 19.2. The van der Waals surface area contributed by atoms with Gasteiger partial charge in [-0.3, -0.25) is 4.79 Å². The van der Waals surface area contributed by atoms with Crippen molar-refractivity contribution >= 4 is 29.2 Å². The lowest BCUT2D eigenvalue weighted by molar-refractivity contribution is -0.126. The van der Waals surface area contributed by atoms with Gasteiger partial charge in [-0.25, -0.2) is 9.18 Å². The lowest BCUT2D eigenvalue weighted by atomic mass is 9.96. The highest BCUT2D eigenvalue weighted by atomic mass is 35.5. The normalized spacial score (nSPS) is 14.7. The summed E-state index contributed by atoms with van der Waals surface area (Å²) in [6.45, 7) is 1.39. The molecule has 0 unspecified atom stereocenters. The summed E-state index contributed by atoms with van der Waals surface area (Å²) >= 11 is 6.10. The molecule has 3 amide bonds. The molecule has 0 bridgehead atoms. The van der Waals surface area contributed by atoms with E-state index in [1.54, 1.807) is 11.0 Å². The zero-order valence-electron chi connectivity index (χ0n) is 14.8. The van der Waals surface area contributed by atoms with Gasteiger partial charge < -0.3 is 15.5 Å². The molecule has 2 N–H and O–H groups in total. The van der Waals surface area contributed by atoms with E-state index in [0.29, 0.717) is 43.2 Å². The molecule has 0 aromatic heterocycles. The van der Waals surface area contributed by atoms with Crippen molar-refractivity contribution in [3.63, 3.8) is 0 Å². The van der Waals surface area contributed by atoms with E-state index in [1.165, 1.54) is 24.3 Å². The number of rotatable bonds is 4. The zero-order valence-corrected chi connectivity index (χ0v) is 15.5. The minimum Gasteiger partial charge on any atom is -0.352 e. The van der Waals surface area contributed by atoms with Crippen molar-refractivity contribution in [2.75, 3.05) is 18.4 Å². The van der Waals surface area contributed by atoms with Gasteiger partial charge in [0, 0.05) is 36.3 Å². The lowest BCUT2D eigenvalue weighted by Crippen LogP contribution is -2.44. The van der Waals surface area contributed by atoms with Crippen LogP contribution in [0.5, 0.6) is 0 Å². The number of hydrogen-bond acceptors (Lipinski definition) is 2. The van der Waals surface area contributed by atoms with Crippen LogP contribution in [0.25, 0.3) is 0 Å². The van der Waals surface area contributed by atoms with Crippen molar-refractivity contribution in [3.8, 4) is 0 Å². The summed E-state index contributed by atoms with van der Waals surface area (Å²) in [5.74, 6) is -0.493. The lowest BCUT2D eigenvalue weighted by Gasteiger charge is -2.31. The van der Waals surface area contributed by atoms with E-state index >= 15 is 0 Å². The van der Waals surface area contributed by atoms with Crippen LogP contribution in [0.15, 0.2) is 48.5 Å². The standard InChI is InChI=1S/C20H21ClFN3O2/c21-18-4-2-1-3-15(18)13-23-19(26)14-9-11-25(12-10-14)20(27)24-17-7-5-16(22)6-8-17/h1-8,14H,9-13H2,(H,23,26)(H,24,27). The van der Waals surface area contributed by atoms with Gasteiger partial charge in [0.05, 0.1) is 0 Å². The molecule has 0 atom stereocenters. The molecule has 1 aliphatic rings. The fourth-order valence-electron chi connectivity index (χ4n) is 3.05. The molecule has 142 valence electrons. The minimum atomic E-state index is -0.350. The van der Waals surface area contributed by atoms with Gasteiger partial charge in [0.25, 0.3) is 0 Å². The second-order valence-electron chi connectivity index (χ2n) is 6.51. The summed E-state index contributed by atoms with van der Waals surface area (Å²) in [6, 6.07) is 12.8. The average molecular weight is 390 g/mol. The van der Waals surface area contributed by atoms with Gasteiger partial charge in [0.1, 0.15) is 5.82 Å². The second kappa shape index (κ2) is 8.86. The third kappa shape index (κ3) is 5.20. The fourth-order valence-corrected chi connectivity index (χ4v) is 3.25. The van der Waals surface area contributed by atoms with E-state index in [9.17, 15) is 14.0 Å². The molecule has 0 spiro atoms. The highest BCUT2D eigenvalue weighted by Crippen LogP contribution is 2.20. The second-order valence-corrected chi connectivity index (χ2v) is 6.91. The number of amides is 3. The molecule has 1 heterocycles. The van der Waals surface area contributed by atoms with Crippen molar-refractivity contribution in [3.05, 3.63) is 64.9 Å². The van der Waals surface area contributed by atoms with Gasteiger partial charge >= 0.3 is 6.03 Å². The summed E-state index contributed by atoms with van der Waals surface area (Å²) in [7, 11) is 0. The number of carbonyl (C=O) groups is 2. The fraction of sp³-hybridized carbons (Fsp3) is 0.300. The van der Waals surface area contributed by atoms with Crippen LogP contribution in [0.2, 0.25) is 5.02 Å². The average Bonchev–Trinajstić information content (AvgIpc) is 2.69. The molecule has 1 aliphatic heterocycles. The van der Waals surface area contributed by atoms with Crippen LogP contribution < -0.4 is 10.6 Å². The molecular weight excluding hydrogens is 369 g/mol. The van der Waals surface area contributed by atoms with Crippen LogP contribution in [0.1, 0.15) is 18.4 Å². The SMILES string of the molecule is O=C(NCc1ccccc1Cl)C1CCN(C(=O)Nc2ccc(F)cc2)CC1. The first-order valence-corrected chi connectivity index (χ1v) is 9.23. The Bertz CT molecular complexity index is 805. The van der Waals surface area contributed by atoms with Crippen molar-refractivity contribution < 1.29 is 14.0 Å². The maximum atomic E-state index is 12.9. The Morgan fingerprint density at radius 3 is 2.41 bits per heavy atom. The van der Waals surface area contributed by atoms with E-state index in [0.717, 1.165) is 5.56 Å². The molecule has 7 heteroatoms. The van der Waals surface area contributed by atoms with Crippen molar-refractivity contribution in [2.45, 2.75) is 19.4 Å². The van der Waals surface area contributed by atoms with Crippen LogP contribution in [0.4, 0.5) is 14.9 Å². The molecule has 0 aliphatic carbocycles. The number of benzene rings is 2. The first-order chi connectivity index (χ1) is 13.0. The van der Waals surface area contributed by atoms with Crippen molar-refractivity contribution in [2.24, 2.45) is 5.92 Å². The third-order valence-electron chi connectivity index (χ3n) is 4.66. The summed E-state index contributed by atoms with van der Waals surface area (Å²) in [5, 5.41) is 6.29. The first-order valence-electron chi connectivity index (χ1n) is 8.85. The van der Waals surface area contributed by atoms with Gasteiger partial charge in [0.15, 0.2) is 0 Å². The van der Waals surface area contributed by atoms with Gasteiger partial charge in [0.2, 0.25) is 5.91 Å². The third-order valence-corrected chi connectivity index (χ3v) is 5.03. The Balaban J connectivity index is 1.45. The van der Waals surface area contributed by atoms with E-state index in [-0.39, 0.29) is 23.7 Å². The molecule has 5 nitrogen and oxygen atoms in total. The largest absolute Gasteiger partial charge is 0.352 e. The summed E-state index contributed by atoms with van der Waals surface area (Å²) in [6.07, 6.45) is 1.20. The highest BCUT2D eigenvalue weighted by molar-refractivity contribution is 6.31. The Morgan fingerprint density at radius 2 is 1.74 bits per heavy atom. The molecular formula is C20H21ClFN3O2. The van der Waals surface area contributed by atoms with Gasteiger partial charge in [-0.2, -0.15) is 0 Å². The monoisotopic (exact) mass is 389 g/mol. The molecule has 1 fully saturated rings. The molecule has 2 aromatic rings. The van der Waals surface area contributed by atoms with Crippen LogP contribution in [-0.2, 0) is 11.3 Å². The molecule has 2 aromatic carbocycles. The van der Waals surface area contributed by atoms with E-state index in [1.807, 2.05) is 18.2 Å². The number of nitrogens with zero attached hydrogens (tertiary/aromatic N) is 1. The maximum Gasteiger partial charge on any atom is 0.321 e. The molecule has 27 heavy (non-hydrogen) atoms. The van der Waals surface area contributed by atoms with Crippen molar-refractivity contribution in [1.82, 2.24) is 10.2 Å². The molecule has 1 saturated heterocycles. The Hall–Kier alpha value is -2.60. The zero-order chi connectivity index (χ0) is 19.2. The molecule has 0 saturated carbocycles. The number of anilines is 1. The van der Waals surface area contributed by atoms with Crippen molar-refractivity contribution in [1.29, 1.82) is 0 Å².